The van der Waals surface area contributed by atoms with E-state index in [2.05, 4.69) is 20.7 Å². The van der Waals surface area contributed by atoms with Crippen molar-refractivity contribution in [2.24, 2.45) is 7.05 Å². The molecule has 0 fully saturated rings. The summed E-state index contributed by atoms with van der Waals surface area (Å²) < 4.78 is 22.8. The van der Waals surface area contributed by atoms with E-state index in [1.54, 1.807) is 36.1 Å². The number of ether oxygens (including phenoxy) is 1. The molecule has 0 radical (unpaired) electrons. The average molecular weight is 547 g/mol. The summed E-state index contributed by atoms with van der Waals surface area (Å²) in [6, 6.07) is 9.60. The maximum Gasteiger partial charge on any atom is 0.269 e. The molecule has 4 aromatic rings. The Morgan fingerprint density at radius 2 is 1.88 bits per heavy atom. The van der Waals surface area contributed by atoms with Crippen molar-refractivity contribution < 1.29 is 18.7 Å². The summed E-state index contributed by atoms with van der Waals surface area (Å²) in [6.07, 6.45) is 4.68. The minimum Gasteiger partial charge on any atom is -0.495 e. The highest BCUT2D eigenvalue weighted by atomic mass is 19.1. The van der Waals surface area contributed by atoms with Crippen molar-refractivity contribution in [3.63, 3.8) is 0 Å². The smallest absolute Gasteiger partial charge is 0.269 e. The van der Waals surface area contributed by atoms with Crippen LogP contribution in [0.15, 0.2) is 65.8 Å². The Morgan fingerprint density at radius 3 is 2.48 bits per heavy atom. The molecule has 0 spiro atoms. The largest absolute Gasteiger partial charge is 0.495 e. The number of hydrogen-bond donors (Lipinski definition) is 2. The number of nitrogens with zero attached hydrogens (tertiary/aromatic N) is 4. The molecular formula is C29H31FN6O4. The molecule has 0 aliphatic carbocycles. The van der Waals surface area contributed by atoms with Crippen LogP contribution in [0.5, 0.6) is 5.75 Å². The summed E-state index contributed by atoms with van der Waals surface area (Å²) >= 11 is 0. The van der Waals surface area contributed by atoms with Crippen molar-refractivity contribution in [1.29, 1.82) is 0 Å². The number of hydrogen-bond acceptors (Lipinski definition) is 6. The number of amides is 2. The fraction of sp³-hybridized carbons (Fsp3) is 0.276. The van der Waals surface area contributed by atoms with Crippen LogP contribution in [0.25, 0.3) is 11.1 Å². The first kappa shape index (κ1) is 28.2. The molecule has 3 heterocycles. The van der Waals surface area contributed by atoms with E-state index < -0.39 is 23.3 Å². The number of methoxy groups -OCH3 is 1. The van der Waals surface area contributed by atoms with Gasteiger partial charge in [-0.3, -0.25) is 23.6 Å². The number of halogens is 1. The Hall–Kier alpha value is -4.80. The molecule has 1 aromatic carbocycles. The quantitative estimate of drug-likeness (QED) is 0.330. The third kappa shape index (κ3) is 6.09. The number of aromatic nitrogens is 4. The zero-order chi connectivity index (χ0) is 29.0. The van der Waals surface area contributed by atoms with E-state index in [4.69, 9.17) is 4.74 Å². The van der Waals surface area contributed by atoms with Crippen LogP contribution in [-0.4, -0.2) is 45.3 Å². The molecule has 208 valence electrons. The van der Waals surface area contributed by atoms with Crippen molar-refractivity contribution in [1.82, 2.24) is 24.6 Å². The van der Waals surface area contributed by atoms with Gasteiger partial charge < -0.3 is 15.4 Å². The van der Waals surface area contributed by atoms with Gasteiger partial charge in [0.2, 0.25) is 5.91 Å². The fourth-order valence-corrected chi connectivity index (χ4v) is 4.45. The van der Waals surface area contributed by atoms with Crippen LogP contribution in [0.1, 0.15) is 47.6 Å². The van der Waals surface area contributed by atoms with Crippen LogP contribution in [0.2, 0.25) is 0 Å². The second-order valence-electron chi connectivity index (χ2n) is 9.59. The number of rotatable bonds is 9. The van der Waals surface area contributed by atoms with E-state index in [0.29, 0.717) is 28.3 Å². The molecule has 3 aromatic heterocycles. The third-order valence-corrected chi connectivity index (χ3v) is 6.49. The Bertz CT molecular complexity index is 1590. The lowest BCUT2D eigenvalue weighted by molar-refractivity contribution is -0.119. The Balaban J connectivity index is 1.76. The fourth-order valence-electron chi connectivity index (χ4n) is 4.45. The summed E-state index contributed by atoms with van der Waals surface area (Å²) in [5, 5.41) is 9.64. The van der Waals surface area contributed by atoms with Gasteiger partial charge in [0.25, 0.3) is 11.5 Å². The normalized spacial score (nSPS) is 11.8. The first-order valence-corrected chi connectivity index (χ1v) is 12.7. The van der Waals surface area contributed by atoms with Crippen LogP contribution >= 0.6 is 0 Å². The number of aryl methyl sites for hydroxylation is 1. The predicted molar refractivity (Wildman–Crippen MR) is 149 cm³/mol. The highest BCUT2D eigenvalue weighted by Crippen LogP contribution is 2.35. The third-order valence-electron chi connectivity index (χ3n) is 6.49. The summed E-state index contributed by atoms with van der Waals surface area (Å²) in [5.74, 6) is -0.917. The maximum absolute atomic E-state index is 14.3. The molecule has 10 nitrogen and oxygen atoms in total. The molecule has 0 aliphatic heterocycles. The highest BCUT2D eigenvalue weighted by Gasteiger charge is 2.26. The lowest BCUT2D eigenvalue weighted by Crippen LogP contribution is -2.34. The molecule has 2 N–H and O–H groups in total. The van der Waals surface area contributed by atoms with Gasteiger partial charge in [-0.2, -0.15) is 5.10 Å². The van der Waals surface area contributed by atoms with Gasteiger partial charge in [-0.15, -0.1) is 0 Å². The van der Waals surface area contributed by atoms with E-state index >= 15 is 0 Å². The number of carbonyl (C=O) groups excluding carboxylic acids is 2. The molecule has 1 atom stereocenters. The van der Waals surface area contributed by atoms with Gasteiger partial charge in [-0.1, -0.05) is 19.9 Å². The Morgan fingerprint density at radius 1 is 1.10 bits per heavy atom. The van der Waals surface area contributed by atoms with Gasteiger partial charge in [0.05, 0.1) is 30.9 Å². The minimum atomic E-state index is -1.01. The second kappa shape index (κ2) is 11.9. The van der Waals surface area contributed by atoms with Gasteiger partial charge in [-0.25, -0.2) is 9.37 Å². The number of benzene rings is 1. The van der Waals surface area contributed by atoms with E-state index in [9.17, 15) is 18.8 Å². The van der Waals surface area contributed by atoms with Crippen LogP contribution in [0.3, 0.4) is 0 Å². The first-order chi connectivity index (χ1) is 19.1. The second-order valence-corrected chi connectivity index (χ2v) is 9.59. The zero-order valence-electron chi connectivity index (χ0n) is 22.9. The highest BCUT2D eigenvalue weighted by molar-refractivity contribution is 5.95. The predicted octanol–water partition coefficient (Wildman–Crippen LogP) is 3.70. The molecule has 4 rings (SSSR count). The van der Waals surface area contributed by atoms with Crippen molar-refractivity contribution in [2.75, 3.05) is 19.5 Å². The van der Waals surface area contributed by atoms with Crippen LogP contribution in [-0.2, 0) is 18.3 Å². The monoisotopic (exact) mass is 546 g/mol. The maximum atomic E-state index is 14.3. The number of carbonyl (C=O) groups is 2. The summed E-state index contributed by atoms with van der Waals surface area (Å²) in [5.41, 5.74) is 2.49. The molecule has 0 saturated carbocycles. The molecule has 0 bridgehead atoms. The van der Waals surface area contributed by atoms with E-state index in [1.807, 2.05) is 13.8 Å². The average Bonchev–Trinajstić information content (AvgIpc) is 3.35. The Kier molecular flexibility index (Phi) is 8.42. The van der Waals surface area contributed by atoms with E-state index in [-0.39, 0.29) is 23.9 Å². The Labute approximate surface area is 230 Å². The molecule has 11 heteroatoms. The van der Waals surface area contributed by atoms with Gasteiger partial charge in [-0.05, 0) is 47.4 Å². The molecule has 1 unspecified atom stereocenters. The first-order valence-electron chi connectivity index (χ1n) is 12.7. The standard InChI is InChI=1S/C29H31FN6O4/c1-17(2)21-8-6-18(30)12-22(21)23-14-27(37)36(16-26(23)40-5)25(13-19-10-11-35(4)34-19)29(39)33-20-7-9-24(32-15-20)28(38)31-3/h6-12,14-17,25H,13H2,1-5H3,(H,31,38)(H,33,39). The molecule has 0 saturated heterocycles. The van der Waals surface area contributed by atoms with E-state index in [0.717, 1.165) is 5.56 Å². The SMILES string of the molecule is CNC(=O)c1ccc(NC(=O)C(Cc2ccn(C)n2)n2cc(OC)c(-c3cc(F)ccc3C(C)C)cc2=O)cn1. The van der Waals surface area contributed by atoms with Gasteiger partial charge in [0.1, 0.15) is 23.3 Å². The van der Waals surface area contributed by atoms with Gasteiger partial charge >= 0.3 is 0 Å². The minimum absolute atomic E-state index is 0.0637. The van der Waals surface area contributed by atoms with Gasteiger partial charge in [0.15, 0.2) is 0 Å². The van der Waals surface area contributed by atoms with Crippen LogP contribution in [0, 0.1) is 5.82 Å². The molecule has 2 amide bonds. The molecular weight excluding hydrogens is 515 g/mol. The topological polar surface area (TPSA) is 120 Å². The van der Waals surface area contributed by atoms with Gasteiger partial charge in [0, 0.05) is 38.3 Å². The number of pyridine rings is 2. The number of anilines is 1. The summed E-state index contributed by atoms with van der Waals surface area (Å²) in [4.78, 5) is 43.0. The lowest BCUT2D eigenvalue weighted by atomic mass is 9.92. The van der Waals surface area contributed by atoms with Crippen molar-refractivity contribution >= 4 is 17.5 Å². The lowest BCUT2D eigenvalue weighted by Gasteiger charge is -2.22. The number of nitrogens with one attached hydrogen (secondary N) is 2. The summed E-state index contributed by atoms with van der Waals surface area (Å²) in [6.45, 7) is 3.96. The van der Waals surface area contributed by atoms with Crippen molar-refractivity contribution in [3.05, 3.63) is 94.2 Å². The van der Waals surface area contributed by atoms with Crippen LogP contribution < -0.4 is 20.9 Å². The van der Waals surface area contributed by atoms with E-state index in [1.165, 1.54) is 55.4 Å². The molecule has 0 aliphatic rings. The van der Waals surface area contributed by atoms with Crippen molar-refractivity contribution in [3.8, 4) is 16.9 Å². The van der Waals surface area contributed by atoms with Crippen LogP contribution in [0.4, 0.5) is 10.1 Å². The summed E-state index contributed by atoms with van der Waals surface area (Å²) in [7, 11) is 4.71. The zero-order valence-corrected chi connectivity index (χ0v) is 22.9. The molecule has 40 heavy (non-hydrogen) atoms. The van der Waals surface area contributed by atoms with Crippen molar-refractivity contribution in [2.45, 2.75) is 32.2 Å².